The van der Waals surface area contributed by atoms with Crippen LogP contribution in [0.3, 0.4) is 0 Å². The van der Waals surface area contributed by atoms with Gasteiger partial charge in [-0.15, -0.1) is 21.5 Å². The van der Waals surface area contributed by atoms with Gasteiger partial charge in [-0.1, -0.05) is 0 Å². The van der Waals surface area contributed by atoms with Crippen LogP contribution in [0.1, 0.15) is 29.3 Å². The molecule has 2 rings (SSSR count). The molecule has 0 amide bonds. The number of rotatable bonds is 5. The van der Waals surface area contributed by atoms with Crippen LogP contribution in [0.15, 0.2) is 0 Å². The van der Waals surface area contributed by atoms with Gasteiger partial charge in [0.1, 0.15) is 10.0 Å². The summed E-state index contributed by atoms with van der Waals surface area (Å²) in [6, 6.07) is 0.572. The van der Waals surface area contributed by atoms with E-state index in [1.54, 1.807) is 0 Å². The van der Waals surface area contributed by atoms with Crippen LogP contribution in [0, 0.1) is 0 Å². The second-order valence-electron chi connectivity index (χ2n) is 3.86. The fraction of sp³-hybridized carbons (Fsp3) is 0.778. The highest BCUT2D eigenvalue weighted by molar-refractivity contribution is 7.11. The average molecular weight is 251 g/mol. The molecule has 1 aromatic rings. The summed E-state index contributed by atoms with van der Waals surface area (Å²) in [5, 5.41) is 12.1. The topological polar surface area (TPSA) is 37.8 Å². The lowest BCUT2D eigenvalue weighted by Gasteiger charge is -2.02. The zero-order valence-electron chi connectivity index (χ0n) is 8.55. The Bertz CT molecular complexity index is 346. The van der Waals surface area contributed by atoms with Crippen molar-refractivity contribution in [2.24, 2.45) is 0 Å². The van der Waals surface area contributed by atoms with Crippen molar-refractivity contribution in [3.05, 3.63) is 10.0 Å². The first-order valence-electron chi connectivity index (χ1n) is 5.14. The summed E-state index contributed by atoms with van der Waals surface area (Å²) >= 11 is 1.26. The molecule has 90 valence electrons. The van der Waals surface area contributed by atoms with Gasteiger partial charge in [-0.25, -0.2) is 0 Å². The zero-order valence-corrected chi connectivity index (χ0v) is 9.37. The molecule has 1 aliphatic carbocycles. The highest BCUT2D eigenvalue weighted by atomic mass is 32.1. The molecule has 1 N–H and O–H groups in total. The summed E-state index contributed by atoms with van der Waals surface area (Å²) in [4.78, 5) is 0. The lowest BCUT2D eigenvalue weighted by atomic mass is 10.3. The van der Waals surface area contributed by atoms with Gasteiger partial charge in [0.05, 0.1) is 0 Å². The minimum absolute atomic E-state index is 0.0649. The Balaban J connectivity index is 1.77. The van der Waals surface area contributed by atoms with Crippen molar-refractivity contribution in [2.45, 2.75) is 44.4 Å². The van der Waals surface area contributed by atoms with E-state index in [2.05, 4.69) is 15.5 Å². The number of nitrogens with zero attached hydrogens (tertiary/aromatic N) is 2. The molecule has 3 nitrogen and oxygen atoms in total. The number of nitrogens with one attached hydrogen (secondary N) is 1. The summed E-state index contributed by atoms with van der Waals surface area (Å²) in [5.74, 6) is 0. The Kier molecular flexibility index (Phi) is 3.44. The molecule has 0 saturated heterocycles. The standard InChI is InChI=1S/C9H12F3N3S/c10-9(11,12)4-3-7-14-15-8(16-7)5-13-6-1-2-6/h6,13H,1-5H2. The molecule has 0 aliphatic heterocycles. The first-order chi connectivity index (χ1) is 7.53. The van der Waals surface area contributed by atoms with Crippen LogP contribution in [0.4, 0.5) is 13.2 Å². The van der Waals surface area contributed by atoms with Crippen molar-refractivity contribution in [3.63, 3.8) is 0 Å². The van der Waals surface area contributed by atoms with Crippen LogP contribution in [0.25, 0.3) is 0 Å². The number of hydrogen-bond acceptors (Lipinski definition) is 4. The average Bonchev–Trinajstić information content (AvgIpc) is 2.91. The van der Waals surface area contributed by atoms with E-state index >= 15 is 0 Å². The van der Waals surface area contributed by atoms with Crippen molar-refractivity contribution < 1.29 is 13.2 Å². The third kappa shape index (κ3) is 4.05. The van der Waals surface area contributed by atoms with Gasteiger partial charge in [0.25, 0.3) is 0 Å². The van der Waals surface area contributed by atoms with Gasteiger partial charge in [0.15, 0.2) is 0 Å². The summed E-state index contributed by atoms with van der Waals surface area (Å²) < 4.78 is 35.9. The molecule has 1 fully saturated rings. The molecule has 1 aromatic heterocycles. The van der Waals surface area contributed by atoms with Crippen LogP contribution in [-0.4, -0.2) is 22.4 Å². The summed E-state index contributed by atoms with van der Waals surface area (Å²) in [7, 11) is 0. The van der Waals surface area contributed by atoms with Crippen LogP contribution in [-0.2, 0) is 13.0 Å². The predicted octanol–water partition coefficient (Wildman–Crippen LogP) is 2.29. The van der Waals surface area contributed by atoms with Crippen LogP contribution in [0.2, 0.25) is 0 Å². The number of alkyl halides is 3. The largest absolute Gasteiger partial charge is 0.389 e. The molecule has 0 spiro atoms. The second-order valence-corrected chi connectivity index (χ2v) is 5.01. The zero-order chi connectivity index (χ0) is 11.6. The maximum atomic E-state index is 12.0. The molecule has 1 saturated carbocycles. The number of hydrogen-bond donors (Lipinski definition) is 1. The molecule has 1 heterocycles. The van der Waals surface area contributed by atoms with Crippen molar-refractivity contribution in [1.29, 1.82) is 0 Å². The van der Waals surface area contributed by atoms with Crippen molar-refractivity contribution >= 4 is 11.3 Å². The van der Waals surface area contributed by atoms with Crippen molar-refractivity contribution in [2.75, 3.05) is 0 Å². The normalized spacial score (nSPS) is 16.7. The molecule has 0 aromatic carbocycles. The molecule has 1 aliphatic rings. The van der Waals surface area contributed by atoms with Crippen LogP contribution in [0.5, 0.6) is 0 Å². The molecule has 0 bridgehead atoms. The van der Waals surface area contributed by atoms with E-state index < -0.39 is 12.6 Å². The monoisotopic (exact) mass is 251 g/mol. The minimum atomic E-state index is -4.11. The molecule has 0 unspecified atom stereocenters. The van der Waals surface area contributed by atoms with Gasteiger partial charge in [0, 0.05) is 25.4 Å². The van der Waals surface area contributed by atoms with Gasteiger partial charge in [-0.05, 0) is 12.8 Å². The number of halogens is 3. The quantitative estimate of drug-likeness (QED) is 0.872. The smallest absolute Gasteiger partial charge is 0.308 e. The third-order valence-electron chi connectivity index (χ3n) is 2.25. The second kappa shape index (κ2) is 4.67. The lowest BCUT2D eigenvalue weighted by molar-refractivity contribution is -0.134. The highest BCUT2D eigenvalue weighted by Crippen LogP contribution is 2.24. The van der Waals surface area contributed by atoms with E-state index in [1.807, 2.05) is 0 Å². The molecular weight excluding hydrogens is 239 g/mol. The Morgan fingerprint density at radius 3 is 2.56 bits per heavy atom. The fourth-order valence-electron chi connectivity index (χ4n) is 1.23. The first-order valence-corrected chi connectivity index (χ1v) is 5.96. The lowest BCUT2D eigenvalue weighted by Crippen LogP contribution is -2.14. The Hall–Kier alpha value is -0.690. The summed E-state index contributed by atoms with van der Waals surface area (Å²) in [6.45, 7) is 0.619. The fourth-order valence-corrected chi connectivity index (χ4v) is 2.02. The van der Waals surface area contributed by atoms with Gasteiger partial charge in [-0.3, -0.25) is 0 Å². The van der Waals surface area contributed by atoms with Crippen LogP contribution >= 0.6 is 11.3 Å². The van der Waals surface area contributed by atoms with Gasteiger partial charge >= 0.3 is 6.18 Å². The van der Waals surface area contributed by atoms with E-state index in [4.69, 9.17) is 0 Å². The minimum Gasteiger partial charge on any atom is -0.308 e. The molecule has 0 radical (unpaired) electrons. The molecule has 7 heteroatoms. The van der Waals surface area contributed by atoms with E-state index in [0.29, 0.717) is 17.6 Å². The Morgan fingerprint density at radius 1 is 1.25 bits per heavy atom. The third-order valence-corrected chi connectivity index (χ3v) is 3.23. The van der Waals surface area contributed by atoms with E-state index in [-0.39, 0.29) is 6.42 Å². The van der Waals surface area contributed by atoms with E-state index in [9.17, 15) is 13.2 Å². The maximum Gasteiger partial charge on any atom is 0.389 e. The van der Waals surface area contributed by atoms with Crippen LogP contribution < -0.4 is 5.32 Å². The van der Waals surface area contributed by atoms with E-state index in [1.165, 1.54) is 24.2 Å². The Labute approximate surface area is 95.1 Å². The number of aromatic nitrogens is 2. The maximum absolute atomic E-state index is 12.0. The number of aryl methyl sites for hydroxylation is 1. The molecular formula is C9H12F3N3S. The van der Waals surface area contributed by atoms with E-state index in [0.717, 1.165) is 5.01 Å². The van der Waals surface area contributed by atoms with Gasteiger partial charge in [0.2, 0.25) is 0 Å². The van der Waals surface area contributed by atoms with Gasteiger partial charge < -0.3 is 5.32 Å². The van der Waals surface area contributed by atoms with Gasteiger partial charge in [-0.2, -0.15) is 13.2 Å². The first kappa shape index (κ1) is 11.8. The SMILES string of the molecule is FC(F)(F)CCc1nnc(CNC2CC2)s1. The molecule has 0 atom stereocenters. The summed E-state index contributed by atoms with van der Waals surface area (Å²) in [6.07, 6.45) is -2.64. The van der Waals surface area contributed by atoms with Crippen molar-refractivity contribution in [1.82, 2.24) is 15.5 Å². The van der Waals surface area contributed by atoms with Crippen molar-refractivity contribution in [3.8, 4) is 0 Å². The highest BCUT2D eigenvalue weighted by Gasteiger charge is 2.27. The Morgan fingerprint density at radius 2 is 1.94 bits per heavy atom. The predicted molar refractivity (Wildman–Crippen MR) is 54.1 cm³/mol. The summed E-state index contributed by atoms with van der Waals surface area (Å²) in [5.41, 5.74) is 0. The molecule has 16 heavy (non-hydrogen) atoms.